The highest BCUT2D eigenvalue weighted by molar-refractivity contribution is 7.71. The largest absolute Gasteiger partial charge is 0.497 e. The van der Waals surface area contributed by atoms with Crippen LogP contribution in [0.2, 0.25) is 0 Å². The van der Waals surface area contributed by atoms with E-state index in [0.29, 0.717) is 23.7 Å². The molecule has 9 heteroatoms. The molecule has 4 aromatic rings. The molecule has 0 saturated heterocycles. The second-order valence-corrected chi connectivity index (χ2v) is 7.84. The summed E-state index contributed by atoms with van der Waals surface area (Å²) in [6.07, 6.45) is 3.75. The first-order chi connectivity index (χ1) is 15.5. The fourth-order valence-electron chi connectivity index (χ4n) is 3.39. The van der Waals surface area contributed by atoms with Crippen LogP contribution >= 0.6 is 12.2 Å². The van der Waals surface area contributed by atoms with Crippen molar-refractivity contribution < 1.29 is 9.53 Å². The van der Waals surface area contributed by atoms with Gasteiger partial charge in [-0.2, -0.15) is 10.2 Å². The number of nitrogens with one attached hydrogen (secondary N) is 1. The van der Waals surface area contributed by atoms with Gasteiger partial charge in [0.25, 0.3) is 0 Å². The Morgan fingerprint density at radius 1 is 1.12 bits per heavy atom. The summed E-state index contributed by atoms with van der Waals surface area (Å²) < 4.78 is 9.18. The van der Waals surface area contributed by atoms with Gasteiger partial charge >= 0.3 is 0 Å². The summed E-state index contributed by atoms with van der Waals surface area (Å²) in [5.74, 6) is 1.28. The molecule has 8 nitrogen and oxygen atoms in total. The number of likely N-dealkylation sites (N-methyl/N-ethyl adjacent to an activating group) is 1. The molecule has 32 heavy (non-hydrogen) atoms. The summed E-state index contributed by atoms with van der Waals surface area (Å²) in [5, 5.41) is 11.5. The number of amides is 1. The minimum Gasteiger partial charge on any atom is -0.497 e. The maximum atomic E-state index is 12.9. The average molecular weight is 449 g/mol. The molecule has 2 heterocycles. The maximum absolute atomic E-state index is 12.9. The van der Waals surface area contributed by atoms with Crippen molar-refractivity contribution in [1.82, 2.24) is 29.4 Å². The normalized spacial score (nSPS) is 10.8. The number of rotatable bonds is 8. The van der Waals surface area contributed by atoms with Crippen LogP contribution in [-0.2, 0) is 24.4 Å². The molecule has 0 unspecified atom stereocenters. The monoisotopic (exact) mass is 448 g/mol. The van der Waals surface area contributed by atoms with E-state index in [1.807, 2.05) is 53.3 Å². The molecule has 0 spiro atoms. The summed E-state index contributed by atoms with van der Waals surface area (Å²) in [5.41, 5.74) is 2.98. The van der Waals surface area contributed by atoms with Gasteiger partial charge in [-0.05, 0) is 42.0 Å². The van der Waals surface area contributed by atoms with E-state index >= 15 is 0 Å². The fourth-order valence-corrected chi connectivity index (χ4v) is 3.58. The molecule has 0 atom stereocenters. The number of ether oxygens (including phenoxy) is 1. The molecular formula is C23H24N6O2S. The zero-order valence-corrected chi connectivity index (χ0v) is 18.7. The third-order valence-corrected chi connectivity index (χ3v) is 5.43. The highest BCUT2D eigenvalue weighted by Gasteiger charge is 2.16. The third kappa shape index (κ3) is 4.94. The molecule has 164 valence electrons. The van der Waals surface area contributed by atoms with E-state index in [1.54, 1.807) is 29.8 Å². The van der Waals surface area contributed by atoms with E-state index in [9.17, 15) is 4.79 Å². The molecule has 1 N–H and O–H groups in total. The van der Waals surface area contributed by atoms with Gasteiger partial charge in [0.2, 0.25) is 5.91 Å². The minimum absolute atomic E-state index is 0.0759. The maximum Gasteiger partial charge on any atom is 0.242 e. The van der Waals surface area contributed by atoms with Gasteiger partial charge in [-0.1, -0.05) is 30.3 Å². The van der Waals surface area contributed by atoms with Gasteiger partial charge in [-0.25, -0.2) is 0 Å². The van der Waals surface area contributed by atoms with Gasteiger partial charge in [0.1, 0.15) is 12.3 Å². The first-order valence-electron chi connectivity index (χ1n) is 10.1. The Balaban J connectivity index is 1.42. The van der Waals surface area contributed by atoms with Crippen LogP contribution in [0.25, 0.3) is 11.4 Å². The van der Waals surface area contributed by atoms with Crippen LogP contribution in [0.5, 0.6) is 5.75 Å². The fraction of sp³-hybridized carbons (Fsp3) is 0.217. The summed E-state index contributed by atoms with van der Waals surface area (Å²) in [7, 11) is 3.39. The average Bonchev–Trinajstić information content (AvgIpc) is 3.40. The smallest absolute Gasteiger partial charge is 0.242 e. The third-order valence-electron chi connectivity index (χ3n) is 5.12. The second kappa shape index (κ2) is 9.61. The number of hydrogen-bond acceptors (Lipinski definition) is 5. The first-order valence-corrected chi connectivity index (χ1v) is 10.5. The molecule has 1 amide bonds. The number of aromatic amines is 1. The molecule has 0 aliphatic carbocycles. The van der Waals surface area contributed by atoms with Crippen molar-refractivity contribution in [3.8, 4) is 17.1 Å². The van der Waals surface area contributed by atoms with Gasteiger partial charge in [-0.15, -0.1) is 0 Å². The van der Waals surface area contributed by atoms with Crippen molar-refractivity contribution in [2.75, 3.05) is 14.2 Å². The van der Waals surface area contributed by atoms with Crippen LogP contribution in [0.4, 0.5) is 0 Å². The zero-order chi connectivity index (χ0) is 22.5. The number of carbonyl (C=O) groups excluding carboxylic acids is 1. The first kappa shape index (κ1) is 21.5. The van der Waals surface area contributed by atoms with Gasteiger partial charge < -0.3 is 9.64 Å². The molecule has 2 aromatic carbocycles. The topological polar surface area (TPSA) is 81.0 Å². The lowest BCUT2D eigenvalue weighted by atomic mass is 10.2. The number of hydrogen-bond donors (Lipinski definition) is 1. The van der Waals surface area contributed by atoms with E-state index in [4.69, 9.17) is 17.0 Å². The molecule has 0 aliphatic rings. The zero-order valence-electron chi connectivity index (χ0n) is 17.9. The van der Waals surface area contributed by atoms with Crippen LogP contribution in [0.3, 0.4) is 0 Å². The van der Waals surface area contributed by atoms with Crippen molar-refractivity contribution >= 4 is 18.1 Å². The minimum atomic E-state index is -0.0759. The molecule has 0 bridgehead atoms. The van der Waals surface area contributed by atoms with Crippen LogP contribution < -0.4 is 4.74 Å². The molecule has 0 aliphatic heterocycles. The quantitative estimate of drug-likeness (QED) is 0.417. The highest BCUT2D eigenvalue weighted by atomic mass is 32.1. The standard InChI is InChI=1S/C23H24N6O2S/c1-27(13-18-12-24-28(15-18)14-17-6-4-3-5-7-17)21(30)16-29-22(25-26-23(29)32)19-8-10-20(31-2)11-9-19/h3-12,15H,13-14,16H2,1-2H3,(H,26,32). The second-order valence-electron chi connectivity index (χ2n) is 7.45. The van der Waals surface area contributed by atoms with Crippen LogP contribution in [0.15, 0.2) is 67.0 Å². The predicted octanol–water partition coefficient (Wildman–Crippen LogP) is 3.52. The molecule has 0 fully saturated rings. The number of methoxy groups -OCH3 is 1. The van der Waals surface area contributed by atoms with E-state index < -0.39 is 0 Å². The van der Waals surface area contributed by atoms with Crippen molar-refractivity contribution in [2.24, 2.45) is 0 Å². The lowest BCUT2D eigenvalue weighted by Gasteiger charge is -2.17. The Labute approximate surface area is 191 Å². The lowest BCUT2D eigenvalue weighted by Crippen LogP contribution is -2.30. The van der Waals surface area contributed by atoms with Crippen molar-refractivity contribution in [3.63, 3.8) is 0 Å². The summed E-state index contributed by atoms with van der Waals surface area (Å²) in [6, 6.07) is 17.6. The molecule has 4 rings (SSSR count). The van der Waals surface area contributed by atoms with E-state index in [-0.39, 0.29) is 12.5 Å². The summed E-state index contributed by atoms with van der Waals surface area (Å²) >= 11 is 5.36. The SMILES string of the molecule is COc1ccc(-c2n[nH]c(=S)n2CC(=O)N(C)Cc2cnn(Cc3ccccc3)c2)cc1. The van der Waals surface area contributed by atoms with Crippen LogP contribution in [0.1, 0.15) is 11.1 Å². The number of carbonyl (C=O) groups is 1. The Morgan fingerprint density at radius 2 is 1.88 bits per heavy atom. The molecular weight excluding hydrogens is 424 g/mol. The van der Waals surface area contributed by atoms with E-state index in [1.165, 1.54) is 5.56 Å². The van der Waals surface area contributed by atoms with Gasteiger partial charge in [0.15, 0.2) is 10.6 Å². The Morgan fingerprint density at radius 3 is 2.59 bits per heavy atom. The van der Waals surface area contributed by atoms with Gasteiger partial charge in [-0.3, -0.25) is 19.1 Å². The van der Waals surface area contributed by atoms with E-state index in [0.717, 1.165) is 16.9 Å². The van der Waals surface area contributed by atoms with Gasteiger partial charge in [0.05, 0.1) is 19.9 Å². The van der Waals surface area contributed by atoms with Crippen molar-refractivity contribution in [2.45, 2.75) is 19.6 Å². The Bertz CT molecular complexity index is 1240. The lowest BCUT2D eigenvalue weighted by molar-refractivity contribution is -0.131. The number of H-pyrrole nitrogens is 1. The molecule has 0 saturated carbocycles. The number of aromatic nitrogens is 5. The predicted molar refractivity (Wildman–Crippen MR) is 124 cm³/mol. The summed E-state index contributed by atoms with van der Waals surface area (Å²) in [6.45, 7) is 1.23. The number of nitrogens with zero attached hydrogens (tertiary/aromatic N) is 5. The molecule has 2 aromatic heterocycles. The highest BCUT2D eigenvalue weighted by Crippen LogP contribution is 2.21. The Hall–Kier alpha value is -3.72. The Kier molecular flexibility index (Phi) is 6.46. The van der Waals surface area contributed by atoms with Crippen LogP contribution in [-0.4, -0.2) is 49.5 Å². The van der Waals surface area contributed by atoms with E-state index in [2.05, 4.69) is 27.4 Å². The molecule has 0 radical (unpaired) electrons. The van der Waals surface area contributed by atoms with Gasteiger partial charge in [0, 0.05) is 30.9 Å². The number of benzene rings is 2. The van der Waals surface area contributed by atoms with Crippen molar-refractivity contribution in [3.05, 3.63) is 82.9 Å². The van der Waals surface area contributed by atoms with Crippen molar-refractivity contribution in [1.29, 1.82) is 0 Å². The summed E-state index contributed by atoms with van der Waals surface area (Å²) in [4.78, 5) is 14.6. The van der Waals surface area contributed by atoms with Crippen LogP contribution in [0, 0.1) is 4.77 Å².